The standard InChI is InChI=1S/C21H22BrN3O3/c1-5-28-19(26)12-14-8-6-7-9-18(14)25(4)21(27)15-10-16(22)20-17(11-15)23-13(2)24(20)3/h6-11H,5,12H2,1-4H3. The lowest BCUT2D eigenvalue weighted by Gasteiger charge is -2.21. The Labute approximate surface area is 172 Å². The molecule has 0 aliphatic carbocycles. The van der Waals surface area contributed by atoms with Crippen LogP contribution in [0.15, 0.2) is 40.9 Å². The molecule has 0 aliphatic heterocycles. The van der Waals surface area contributed by atoms with Gasteiger partial charge in [0.1, 0.15) is 5.82 Å². The Morgan fingerprint density at radius 2 is 1.96 bits per heavy atom. The number of carbonyl (C=O) groups excluding carboxylic acids is 2. The number of aryl methyl sites for hydroxylation is 2. The van der Waals surface area contributed by atoms with E-state index in [4.69, 9.17) is 4.74 Å². The maximum absolute atomic E-state index is 13.2. The van der Waals surface area contributed by atoms with Gasteiger partial charge in [-0.05, 0) is 53.5 Å². The largest absolute Gasteiger partial charge is 0.466 e. The molecule has 0 spiro atoms. The second-order valence-electron chi connectivity index (χ2n) is 6.52. The Hall–Kier alpha value is -2.67. The van der Waals surface area contributed by atoms with Crippen molar-refractivity contribution in [3.8, 4) is 0 Å². The van der Waals surface area contributed by atoms with Crippen molar-refractivity contribution in [1.82, 2.24) is 9.55 Å². The molecule has 1 aromatic heterocycles. The minimum atomic E-state index is -0.316. The second kappa shape index (κ2) is 8.14. The fraction of sp³-hybridized carbons (Fsp3) is 0.286. The number of para-hydroxylation sites is 1. The molecule has 6 nitrogen and oxygen atoms in total. The molecule has 0 aliphatic rings. The number of amides is 1. The molecule has 0 saturated heterocycles. The van der Waals surface area contributed by atoms with Crippen molar-refractivity contribution >= 4 is 44.5 Å². The first-order valence-electron chi connectivity index (χ1n) is 8.97. The van der Waals surface area contributed by atoms with Crippen LogP contribution in [0, 0.1) is 6.92 Å². The van der Waals surface area contributed by atoms with Gasteiger partial charge in [-0.1, -0.05) is 18.2 Å². The molecule has 0 radical (unpaired) electrons. The van der Waals surface area contributed by atoms with E-state index in [0.29, 0.717) is 17.9 Å². The molecule has 146 valence electrons. The van der Waals surface area contributed by atoms with E-state index in [1.54, 1.807) is 31.0 Å². The summed E-state index contributed by atoms with van der Waals surface area (Å²) in [6.07, 6.45) is 0.115. The number of nitrogens with zero attached hydrogens (tertiary/aromatic N) is 3. The summed E-state index contributed by atoms with van der Waals surface area (Å²) in [5.74, 6) is 0.375. The van der Waals surface area contributed by atoms with Gasteiger partial charge >= 0.3 is 5.97 Å². The molecule has 2 aromatic carbocycles. The molecule has 0 saturated carbocycles. The van der Waals surface area contributed by atoms with E-state index in [1.807, 2.05) is 42.8 Å². The number of anilines is 1. The Balaban J connectivity index is 1.95. The molecule has 3 rings (SSSR count). The van der Waals surface area contributed by atoms with Crippen LogP contribution in [0.5, 0.6) is 0 Å². The normalized spacial score (nSPS) is 10.9. The molecule has 0 unspecified atom stereocenters. The van der Waals surface area contributed by atoms with Crippen molar-refractivity contribution in [3.63, 3.8) is 0 Å². The van der Waals surface area contributed by atoms with Crippen LogP contribution < -0.4 is 4.90 Å². The van der Waals surface area contributed by atoms with Gasteiger partial charge in [-0.15, -0.1) is 0 Å². The monoisotopic (exact) mass is 443 g/mol. The third-order valence-electron chi connectivity index (χ3n) is 4.69. The number of rotatable bonds is 5. The lowest BCUT2D eigenvalue weighted by atomic mass is 10.1. The number of halogens is 1. The maximum Gasteiger partial charge on any atom is 0.310 e. The summed E-state index contributed by atoms with van der Waals surface area (Å²) >= 11 is 3.56. The van der Waals surface area contributed by atoms with Crippen molar-refractivity contribution in [2.45, 2.75) is 20.3 Å². The van der Waals surface area contributed by atoms with Gasteiger partial charge in [-0.2, -0.15) is 0 Å². The van der Waals surface area contributed by atoms with Gasteiger partial charge in [0.25, 0.3) is 5.91 Å². The molecule has 0 N–H and O–H groups in total. The molecule has 28 heavy (non-hydrogen) atoms. The molecule has 1 heterocycles. The molecule has 7 heteroatoms. The van der Waals surface area contributed by atoms with Crippen molar-refractivity contribution in [1.29, 1.82) is 0 Å². The van der Waals surface area contributed by atoms with Crippen LogP contribution in [-0.2, 0) is 23.0 Å². The lowest BCUT2D eigenvalue weighted by Crippen LogP contribution is -2.27. The summed E-state index contributed by atoms with van der Waals surface area (Å²) in [6.45, 7) is 4.02. The first-order valence-corrected chi connectivity index (χ1v) is 9.77. The Bertz CT molecular complexity index is 1060. The zero-order valence-corrected chi connectivity index (χ0v) is 17.9. The number of hydrogen-bond acceptors (Lipinski definition) is 4. The quantitative estimate of drug-likeness (QED) is 0.558. The zero-order chi connectivity index (χ0) is 20.4. The predicted molar refractivity (Wildman–Crippen MR) is 113 cm³/mol. The number of benzene rings is 2. The van der Waals surface area contributed by atoms with Crippen LogP contribution in [0.1, 0.15) is 28.7 Å². The summed E-state index contributed by atoms with van der Waals surface area (Å²) in [5, 5.41) is 0. The van der Waals surface area contributed by atoms with E-state index in [2.05, 4.69) is 20.9 Å². The van der Waals surface area contributed by atoms with Gasteiger partial charge in [0.05, 0.1) is 24.1 Å². The average molecular weight is 444 g/mol. The molecule has 0 bridgehead atoms. The SMILES string of the molecule is CCOC(=O)Cc1ccccc1N(C)C(=O)c1cc(Br)c2c(c1)nc(C)n2C. The molecule has 0 fully saturated rings. The van der Waals surface area contributed by atoms with Gasteiger partial charge in [0.2, 0.25) is 0 Å². The van der Waals surface area contributed by atoms with E-state index in [-0.39, 0.29) is 18.3 Å². The number of aromatic nitrogens is 2. The maximum atomic E-state index is 13.2. The van der Waals surface area contributed by atoms with E-state index in [0.717, 1.165) is 26.9 Å². The fourth-order valence-corrected chi connectivity index (χ4v) is 3.91. The minimum absolute atomic E-state index is 0.115. The van der Waals surface area contributed by atoms with Gasteiger partial charge in [0.15, 0.2) is 0 Å². The summed E-state index contributed by atoms with van der Waals surface area (Å²) in [6, 6.07) is 10.9. The van der Waals surface area contributed by atoms with Crippen molar-refractivity contribution < 1.29 is 14.3 Å². The van der Waals surface area contributed by atoms with E-state index in [1.165, 1.54) is 0 Å². The van der Waals surface area contributed by atoms with Crippen LogP contribution in [0.4, 0.5) is 5.69 Å². The third kappa shape index (κ3) is 3.80. The molecular formula is C21H22BrN3O3. The zero-order valence-electron chi connectivity index (χ0n) is 16.3. The number of esters is 1. The van der Waals surface area contributed by atoms with E-state index >= 15 is 0 Å². The van der Waals surface area contributed by atoms with Gasteiger partial charge < -0.3 is 14.2 Å². The van der Waals surface area contributed by atoms with E-state index < -0.39 is 0 Å². The highest BCUT2D eigenvalue weighted by Crippen LogP contribution is 2.28. The number of imidazole rings is 1. The highest BCUT2D eigenvalue weighted by molar-refractivity contribution is 9.10. The van der Waals surface area contributed by atoms with Crippen molar-refractivity contribution in [2.24, 2.45) is 7.05 Å². The van der Waals surface area contributed by atoms with Crippen molar-refractivity contribution in [3.05, 3.63) is 57.8 Å². The number of ether oxygens (including phenoxy) is 1. The highest BCUT2D eigenvalue weighted by atomic mass is 79.9. The first kappa shape index (κ1) is 20.1. The fourth-order valence-electron chi connectivity index (χ4n) is 3.19. The molecule has 0 atom stereocenters. The smallest absolute Gasteiger partial charge is 0.310 e. The van der Waals surface area contributed by atoms with Gasteiger partial charge in [-0.3, -0.25) is 9.59 Å². The summed E-state index contributed by atoms with van der Waals surface area (Å²) < 4.78 is 7.83. The Morgan fingerprint density at radius 3 is 2.68 bits per heavy atom. The van der Waals surface area contributed by atoms with Crippen molar-refractivity contribution in [2.75, 3.05) is 18.6 Å². The van der Waals surface area contributed by atoms with Crippen LogP contribution in [0.25, 0.3) is 11.0 Å². The highest BCUT2D eigenvalue weighted by Gasteiger charge is 2.20. The van der Waals surface area contributed by atoms with E-state index in [9.17, 15) is 9.59 Å². The number of fused-ring (bicyclic) bond motifs is 1. The lowest BCUT2D eigenvalue weighted by molar-refractivity contribution is -0.142. The average Bonchev–Trinajstić information content (AvgIpc) is 2.95. The molecular weight excluding hydrogens is 422 g/mol. The summed E-state index contributed by atoms with van der Waals surface area (Å²) in [7, 11) is 3.64. The Kier molecular flexibility index (Phi) is 5.84. The topological polar surface area (TPSA) is 64.4 Å². The van der Waals surface area contributed by atoms with Crippen LogP contribution >= 0.6 is 15.9 Å². The van der Waals surface area contributed by atoms with Crippen LogP contribution in [0.2, 0.25) is 0 Å². The molecule has 3 aromatic rings. The first-order chi connectivity index (χ1) is 13.3. The number of hydrogen-bond donors (Lipinski definition) is 0. The van der Waals surface area contributed by atoms with Crippen LogP contribution in [0.3, 0.4) is 0 Å². The van der Waals surface area contributed by atoms with Crippen LogP contribution in [-0.4, -0.2) is 35.1 Å². The molecule has 1 amide bonds. The number of carbonyl (C=O) groups is 2. The predicted octanol–water partition coefficient (Wildman–Crippen LogP) is 4.03. The summed E-state index contributed by atoms with van der Waals surface area (Å²) in [4.78, 5) is 31.1. The minimum Gasteiger partial charge on any atom is -0.466 e. The third-order valence-corrected chi connectivity index (χ3v) is 5.30. The van der Waals surface area contributed by atoms with Gasteiger partial charge in [0, 0.05) is 29.8 Å². The second-order valence-corrected chi connectivity index (χ2v) is 7.37. The Morgan fingerprint density at radius 1 is 1.25 bits per heavy atom. The van der Waals surface area contributed by atoms with Gasteiger partial charge in [-0.25, -0.2) is 4.98 Å². The summed E-state index contributed by atoms with van der Waals surface area (Å²) in [5.41, 5.74) is 3.64.